The number of rotatable bonds is 4. The lowest BCUT2D eigenvalue weighted by molar-refractivity contribution is 0.338. The predicted octanol–water partition coefficient (Wildman–Crippen LogP) is 0.116. The molecular formula is C5H14NO3P. The van der Waals surface area contributed by atoms with Gasteiger partial charge in [-0.2, -0.15) is 0 Å². The Balaban J connectivity index is 3.46. The van der Waals surface area contributed by atoms with Gasteiger partial charge in [0.25, 0.3) is 0 Å². The van der Waals surface area contributed by atoms with Gasteiger partial charge in [0.1, 0.15) is 0 Å². The summed E-state index contributed by atoms with van der Waals surface area (Å²) < 4.78 is 10.3. The van der Waals surface area contributed by atoms with Gasteiger partial charge in [0.2, 0.25) is 0 Å². The number of nitrogens with zero attached hydrogens (tertiary/aromatic N) is 1. The van der Waals surface area contributed by atoms with Crippen molar-refractivity contribution < 1.29 is 14.4 Å². The van der Waals surface area contributed by atoms with Crippen molar-refractivity contribution in [3.05, 3.63) is 0 Å². The zero-order valence-electron chi connectivity index (χ0n) is 6.32. The topological polar surface area (TPSA) is 60.8 Å². The van der Waals surface area contributed by atoms with E-state index in [0.29, 0.717) is 6.54 Å². The van der Waals surface area contributed by atoms with Crippen LogP contribution in [0.3, 0.4) is 0 Å². The smallest absolute Gasteiger partial charge is 0.324 e. The zero-order chi connectivity index (χ0) is 8.20. The van der Waals surface area contributed by atoms with E-state index < -0.39 is 7.60 Å². The van der Waals surface area contributed by atoms with Crippen LogP contribution in [0.4, 0.5) is 0 Å². The summed E-state index contributed by atoms with van der Waals surface area (Å²) >= 11 is 0. The van der Waals surface area contributed by atoms with Crippen LogP contribution >= 0.6 is 7.60 Å². The fourth-order valence-electron chi connectivity index (χ4n) is 0.459. The molecule has 0 aromatic carbocycles. The maximum Gasteiger partial charge on any atom is 0.326 e. The Labute approximate surface area is 61.0 Å². The highest BCUT2D eigenvalue weighted by atomic mass is 31.2. The van der Waals surface area contributed by atoms with E-state index in [2.05, 4.69) is 0 Å². The van der Waals surface area contributed by atoms with Crippen molar-refractivity contribution in [2.45, 2.75) is 6.92 Å². The highest BCUT2D eigenvalue weighted by molar-refractivity contribution is 7.51. The van der Waals surface area contributed by atoms with Gasteiger partial charge in [-0.25, -0.2) is 0 Å². The summed E-state index contributed by atoms with van der Waals surface area (Å²) in [5.41, 5.74) is 0. The normalized spacial score (nSPS) is 12.5. The van der Waals surface area contributed by atoms with E-state index in [9.17, 15) is 4.57 Å². The molecule has 0 amide bonds. The first-order valence-electron chi connectivity index (χ1n) is 3.19. The summed E-state index contributed by atoms with van der Waals surface area (Å²) in [5.74, 6) is 0. The van der Waals surface area contributed by atoms with Crippen molar-refractivity contribution >= 4 is 7.60 Å². The monoisotopic (exact) mass is 167 g/mol. The maximum atomic E-state index is 10.3. The van der Waals surface area contributed by atoms with Gasteiger partial charge in [-0.3, -0.25) is 4.57 Å². The molecule has 0 rings (SSSR count). The molecule has 10 heavy (non-hydrogen) atoms. The van der Waals surface area contributed by atoms with Gasteiger partial charge in [0.05, 0.1) is 6.16 Å². The molecule has 0 aliphatic heterocycles. The van der Waals surface area contributed by atoms with Gasteiger partial charge in [-0.05, 0) is 13.6 Å². The second kappa shape index (κ2) is 4.09. The first kappa shape index (κ1) is 10.1. The molecule has 0 atom stereocenters. The van der Waals surface area contributed by atoms with E-state index in [4.69, 9.17) is 9.79 Å². The van der Waals surface area contributed by atoms with Crippen LogP contribution in [-0.4, -0.2) is 41.0 Å². The lowest BCUT2D eigenvalue weighted by Gasteiger charge is -2.13. The van der Waals surface area contributed by atoms with Crippen LogP contribution in [0.15, 0.2) is 0 Å². The summed E-state index contributed by atoms with van der Waals surface area (Å²) in [6.45, 7) is 3.22. The van der Waals surface area contributed by atoms with Crippen LogP contribution in [0.2, 0.25) is 0 Å². The lowest BCUT2D eigenvalue weighted by atomic mass is 10.6. The Morgan fingerprint density at radius 2 is 2.00 bits per heavy atom. The SMILES string of the molecule is CCN(C)CCP(=O)(O)O. The minimum atomic E-state index is -3.77. The maximum absolute atomic E-state index is 10.3. The molecule has 0 aliphatic rings. The summed E-state index contributed by atoms with van der Waals surface area (Å²) in [7, 11) is -1.95. The van der Waals surface area contributed by atoms with Gasteiger partial charge in [-0.1, -0.05) is 6.92 Å². The minimum Gasteiger partial charge on any atom is -0.324 e. The molecule has 0 saturated carbocycles. The Hall–Kier alpha value is 0.110. The highest BCUT2D eigenvalue weighted by Gasteiger charge is 2.12. The Morgan fingerprint density at radius 3 is 2.30 bits per heavy atom. The third kappa shape index (κ3) is 6.23. The van der Waals surface area contributed by atoms with Crippen molar-refractivity contribution in [1.82, 2.24) is 4.90 Å². The van der Waals surface area contributed by atoms with Gasteiger partial charge < -0.3 is 14.7 Å². The van der Waals surface area contributed by atoms with Gasteiger partial charge in [-0.15, -0.1) is 0 Å². The van der Waals surface area contributed by atoms with E-state index in [1.165, 1.54) is 0 Å². The molecule has 0 heterocycles. The Bertz CT molecular complexity index is 133. The third-order valence-corrected chi connectivity index (χ3v) is 2.10. The summed E-state index contributed by atoms with van der Waals surface area (Å²) in [6, 6.07) is 0. The van der Waals surface area contributed by atoms with Crippen LogP contribution in [0, 0.1) is 0 Å². The van der Waals surface area contributed by atoms with Gasteiger partial charge in [0.15, 0.2) is 0 Å². The van der Waals surface area contributed by atoms with Crippen LogP contribution in [0.25, 0.3) is 0 Å². The molecule has 0 unspecified atom stereocenters. The molecule has 2 N–H and O–H groups in total. The summed E-state index contributed by atoms with van der Waals surface area (Å²) in [4.78, 5) is 18.8. The molecular weight excluding hydrogens is 153 g/mol. The molecule has 4 nitrogen and oxygen atoms in total. The highest BCUT2D eigenvalue weighted by Crippen LogP contribution is 2.33. The Kier molecular flexibility index (Phi) is 4.13. The van der Waals surface area contributed by atoms with Crippen molar-refractivity contribution in [3.8, 4) is 0 Å². The van der Waals surface area contributed by atoms with E-state index in [1.54, 1.807) is 0 Å². The molecule has 0 fully saturated rings. The van der Waals surface area contributed by atoms with Crippen LogP contribution in [0.1, 0.15) is 6.92 Å². The van der Waals surface area contributed by atoms with Gasteiger partial charge >= 0.3 is 7.60 Å². The first-order chi connectivity index (χ1) is 4.45. The van der Waals surface area contributed by atoms with E-state index in [0.717, 1.165) is 6.54 Å². The standard InChI is InChI=1S/C5H14NO3P/c1-3-6(2)4-5-10(7,8)9/h3-5H2,1-2H3,(H2,7,8,9). The predicted molar refractivity (Wildman–Crippen MR) is 40.1 cm³/mol. The average Bonchev–Trinajstić information content (AvgIpc) is 1.81. The second-order valence-electron chi connectivity index (χ2n) is 2.28. The minimum absolute atomic E-state index is 0.0443. The lowest BCUT2D eigenvalue weighted by Crippen LogP contribution is -2.21. The average molecular weight is 167 g/mol. The van der Waals surface area contributed by atoms with Crippen LogP contribution < -0.4 is 0 Å². The van der Waals surface area contributed by atoms with E-state index >= 15 is 0 Å². The molecule has 62 valence electrons. The zero-order valence-corrected chi connectivity index (χ0v) is 7.21. The molecule has 0 spiro atoms. The third-order valence-electron chi connectivity index (χ3n) is 1.31. The largest absolute Gasteiger partial charge is 0.326 e. The fraction of sp³-hybridized carbons (Fsp3) is 1.00. The molecule has 0 bridgehead atoms. The van der Waals surface area contributed by atoms with Crippen LogP contribution in [0.5, 0.6) is 0 Å². The van der Waals surface area contributed by atoms with Crippen molar-refractivity contribution in [3.63, 3.8) is 0 Å². The van der Waals surface area contributed by atoms with Crippen LogP contribution in [-0.2, 0) is 4.57 Å². The summed E-state index contributed by atoms with van der Waals surface area (Å²) in [5, 5.41) is 0. The molecule has 0 radical (unpaired) electrons. The second-order valence-corrected chi connectivity index (χ2v) is 4.06. The first-order valence-corrected chi connectivity index (χ1v) is 4.98. The van der Waals surface area contributed by atoms with Gasteiger partial charge in [0, 0.05) is 6.54 Å². The number of hydrogen-bond donors (Lipinski definition) is 2. The summed E-state index contributed by atoms with van der Waals surface area (Å²) in [6.07, 6.45) is -0.0443. The molecule has 0 aliphatic carbocycles. The quantitative estimate of drug-likeness (QED) is 0.583. The molecule has 0 aromatic rings. The fourth-order valence-corrected chi connectivity index (χ4v) is 1.06. The van der Waals surface area contributed by atoms with Crippen molar-refractivity contribution in [1.29, 1.82) is 0 Å². The van der Waals surface area contributed by atoms with Crippen molar-refractivity contribution in [2.75, 3.05) is 26.3 Å². The Morgan fingerprint density at radius 1 is 1.50 bits per heavy atom. The molecule has 5 heteroatoms. The molecule has 0 saturated heterocycles. The molecule has 0 aromatic heterocycles. The van der Waals surface area contributed by atoms with E-state index in [-0.39, 0.29) is 6.16 Å². The van der Waals surface area contributed by atoms with E-state index in [1.807, 2.05) is 18.9 Å². The number of hydrogen-bond acceptors (Lipinski definition) is 2. The van der Waals surface area contributed by atoms with Crippen molar-refractivity contribution in [2.24, 2.45) is 0 Å².